The van der Waals surface area contributed by atoms with Crippen molar-refractivity contribution < 1.29 is 37.3 Å². The Morgan fingerprint density at radius 2 is 0.823 bits per heavy atom. The summed E-state index contributed by atoms with van der Waals surface area (Å²) in [5.74, 6) is -0.519. The van der Waals surface area contributed by atoms with Crippen LogP contribution < -0.4 is 5.32 Å². The van der Waals surface area contributed by atoms with Crippen LogP contribution in [0.15, 0.2) is 60.8 Å². The minimum atomic E-state index is -4.45. The summed E-state index contributed by atoms with van der Waals surface area (Å²) in [7, 11) is 1.49. The molecule has 1 amide bonds. The number of carbonyl (C=O) groups excluding carboxylic acids is 2. The lowest BCUT2D eigenvalue weighted by atomic mass is 10.0. The van der Waals surface area contributed by atoms with Crippen LogP contribution in [-0.4, -0.2) is 74.3 Å². The number of rotatable bonds is 61. The van der Waals surface area contributed by atoms with E-state index in [0.717, 1.165) is 77.0 Å². The number of likely N-dealkylation sites (N-methyl/N-ethyl adjacent to an activating group) is 1. The van der Waals surface area contributed by atoms with Gasteiger partial charge in [-0.15, -0.1) is 0 Å². The molecule has 0 aliphatic rings. The standard InChI is InChI=1S/C69H129N2O7P/c1-7-10-13-16-19-22-25-28-29-30-31-32-33-34-35-36-37-38-39-40-41-44-46-49-52-55-58-61-68(72)70-66(65-77-79(74,75)76-64-63-71(4,5)6)67(60-57-54-51-48-45-42-26-23-20-17-14-11-8-2)78-69(73)62-59-56-53-50-47-43-27-24-21-18-15-12-9-3/h12,15,18,21,24,27-29,57,60,66-67H,7-11,13-14,16-17,19-20,22-23,25-26,30-56,58-59,61-65H2,1-6H3,(H-,70,72,74,75)/p+1/b15-12+,21-18+,27-24-,29-28+,60-57-. The Morgan fingerprint density at radius 3 is 1.24 bits per heavy atom. The fourth-order valence-electron chi connectivity index (χ4n) is 9.82. The van der Waals surface area contributed by atoms with Crippen LogP contribution in [0, 0.1) is 0 Å². The molecule has 0 rings (SSSR count). The van der Waals surface area contributed by atoms with E-state index in [1.54, 1.807) is 0 Å². The van der Waals surface area contributed by atoms with E-state index in [4.69, 9.17) is 13.8 Å². The Balaban J connectivity index is 5.01. The molecule has 0 aromatic rings. The van der Waals surface area contributed by atoms with Crippen molar-refractivity contribution in [3.05, 3.63) is 60.8 Å². The number of nitrogens with zero attached hydrogens (tertiary/aromatic N) is 1. The van der Waals surface area contributed by atoms with Gasteiger partial charge in [-0.05, 0) is 76.7 Å². The summed E-state index contributed by atoms with van der Waals surface area (Å²) in [6.07, 6.45) is 75.3. The first kappa shape index (κ1) is 76.7. The summed E-state index contributed by atoms with van der Waals surface area (Å²) in [5, 5.41) is 3.06. The minimum Gasteiger partial charge on any atom is -0.456 e. The smallest absolute Gasteiger partial charge is 0.456 e. The zero-order chi connectivity index (χ0) is 57.9. The second-order valence-electron chi connectivity index (χ2n) is 24.0. The highest BCUT2D eigenvalue weighted by Crippen LogP contribution is 2.43. The monoisotopic (exact) mass is 1130 g/mol. The molecular formula is C69H130N2O7P+. The maximum atomic E-state index is 13.6. The van der Waals surface area contributed by atoms with Gasteiger partial charge in [-0.3, -0.25) is 18.6 Å². The number of amides is 1. The molecule has 3 atom stereocenters. The Morgan fingerprint density at radius 1 is 0.456 bits per heavy atom. The van der Waals surface area contributed by atoms with E-state index < -0.39 is 20.0 Å². The number of phosphoric ester groups is 1. The van der Waals surface area contributed by atoms with E-state index in [0.29, 0.717) is 23.9 Å². The Kier molecular flexibility index (Phi) is 57.2. The number of quaternary nitrogens is 1. The number of allylic oxidation sites excluding steroid dienone is 9. The molecular weight excluding hydrogens is 1000 g/mol. The fourth-order valence-corrected chi connectivity index (χ4v) is 10.6. The molecule has 0 aromatic carbocycles. The number of unbranched alkanes of at least 4 members (excludes halogenated alkanes) is 39. The molecule has 0 aliphatic carbocycles. The van der Waals surface area contributed by atoms with Gasteiger partial charge in [0.15, 0.2) is 0 Å². The molecule has 0 saturated heterocycles. The third-order valence-corrected chi connectivity index (χ3v) is 16.0. The molecule has 3 unspecified atom stereocenters. The van der Waals surface area contributed by atoms with Gasteiger partial charge >= 0.3 is 13.8 Å². The second kappa shape index (κ2) is 58.9. The number of phosphoric acid groups is 1. The van der Waals surface area contributed by atoms with Crippen LogP contribution >= 0.6 is 7.82 Å². The quantitative estimate of drug-likeness (QED) is 0.0156. The fraction of sp³-hybridized carbons (Fsp3) is 0.826. The molecule has 0 aromatic heterocycles. The third kappa shape index (κ3) is 60.1. The zero-order valence-corrected chi connectivity index (χ0v) is 53.8. The number of carbonyl (C=O) groups is 2. The Hall–Kier alpha value is -2.29. The van der Waals surface area contributed by atoms with E-state index >= 15 is 0 Å². The van der Waals surface area contributed by atoms with Gasteiger partial charge in [0.1, 0.15) is 19.3 Å². The van der Waals surface area contributed by atoms with E-state index in [1.165, 1.54) is 199 Å². The average Bonchev–Trinajstić information content (AvgIpc) is 3.41. The van der Waals surface area contributed by atoms with Gasteiger partial charge in [0.25, 0.3) is 0 Å². The summed E-state index contributed by atoms with van der Waals surface area (Å²) in [5.41, 5.74) is 0. The van der Waals surface area contributed by atoms with Gasteiger partial charge in [0.2, 0.25) is 5.91 Å². The summed E-state index contributed by atoms with van der Waals surface area (Å²) in [6.45, 7) is 6.89. The molecule has 0 saturated carbocycles. The van der Waals surface area contributed by atoms with Crippen molar-refractivity contribution >= 4 is 19.7 Å². The number of nitrogens with one attached hydrogen (secondary N) is 1. The number of ether oxygens (including phenoxy) is 1. The predicted molar refractivity (Wildman–Crippen MR) is 342 cm³/mol. The first-order chi connectivity index (χ1) is 38.4. The van der Waals surface area contributed by atoms with Crippen LogP contribution in [0.2, 0.25) is 0 Å². The van der Waals surface area contributed by atoms with Gasteiger partial charge in [-0.1, -0.05) is 287 Å². The molecule has 0 fully saturated rings. The van der Waals surface area contributed by atoms with Crippen LogP contribution in [0.3, 0.4) is 0 Å². The lowest BCUT2D eigenvalue weighted by Gasteiger charge is -2.27. The van der Waals surface area contributed by atoms with Crippen molar-refractivity contribution in [2.45, 2.75) is 328 Å². The maximum Gasteiger partial charge on any atom is 0.472 e. The summed E-state index contributed by atoms with van der Waals surface area (Å²) < 4.78 is 30.7. The van der Waals surface area contributed by atoms with Crippen molar-refractivity contribution in [2.24, 2.45) is 0 Å². The lowest BCUT2D eigenvalue weighted by molar-refractivity contribution is -0.870. The van der Waals surface area contributed by atoms with Crippen LogP contribution in [0.4, 0.5) is 0 Å². The molecule has 9 nitrogen and oxygen atoms in total. The largest absolute Gasteiger partial charge is 0.472 e. The van der Waals surface area contributed by atoms with Crippen molar-refractivity contribution in [2.75, 3.05) is 40.9 Å². The first-order valence-electron chi connectivity index (χ1n) is 33.6. The summed E-state index contributed by atoms with van der Waals surface area (Å²) >= 11 is 0. The van der Waals surface area contributed by atoms with Crippen LogP contribution in [0.25, 0.3) is 0 Å². The highest BCUT2D eigenvalue weighted by molar-refractivity contribution is 7.47. The highest BCUT2D eigenvalue weighted by Gasteiger charge is 2.30. The van der Waals surface area contributed by atoms with Crippen molar-refractivity contribution in [1.29, 1.82) is 0 Å². The molecule has 0 heterocycles. The Bertz CT molecular complexity index is 1540. The van der Waals surface area contributed by atoms with E-state index in [9.17, 15) is 19.0 Å². The van der Waals surface area contributed by atoms with Crippen molar-refractivity contribution in [1.82, 2.24) is 5.32 Å². The topological polar surface area (TPSA) is 111 Å². The molecule has 0 spiro atoms. The van der Waals surface area contributed by atoms with Crippen LogP contribution in [-0.2, 0) is 27.9 Å². The van der Waals surface area contributed by atoms with Gasteiger partial charge in [-0.2, -0.15) is 0 Å². The molecule has 2 N–H and O–H groups in total. The van der Waals surface area contributed by atoms with E-state index in [-0.39, 0.29) is 31.5 Å². The molecule has 462 valence electrons. The lowest BCUT2D eigenvalue weighted by Crippen LogP contribution is -2.47. The van der Waals surface area contributed by atoms with Gasteiger partial charge in [0, 0.05) is 12.8 Å². The minimum absolute atomic E-state index is 0.0367. The van der Waals surface area contributed by atoms with Crippen molar-refractivity contribution in [3.63, 3.8) is 0 Å². The SMILES string of the molecule is CC/C=C/C=C/C=C\CCCCCCCC(=O)OC(/C=C\CCCCCCCCCCCCC)C(COP(=O)(O)OCC[N+](C)(C)C)NC(=O)CCCCCCCCCCCCCCCCCCC/C=C/CCCCCCCC. The van der Waals surface area contributed by atoms with Crippen LogP contribution in [0.5, 0.6) is 0 Å². The molecule has 0 bridgehead atoms. The summed E-state index contributed by atoms with van der Waals surface area (Å²) in [4.78, 5) is 37.8. The number of hydrogen-bond acceptors (Lipinski definition) is 6. The highest BCUT2D eigenvalue weighted by atomic mass is 31.2. The van der Waals surface area contributed by atoms with E-state index in [1.807, 2.05) is 33.3 Å². The predicted octanol–water partition coefficient (Wildman–Crippen LogP) is 21.0. The first-order valence-corrected chi connectivity index (χ1v) is 35.1. The molecule has 79 heavy (non-hydrogen) atoms. The number of hydrogen-bond donors (Lipinski definition) is 2. The molecule has 0 aliphatic heterocycles. The van der Waals surface area contributed by atoms with Gasteiger partial charge < -0.3 is 19.4 Å². The van der Waals surface area contributed by atoms with E-state index in [2.05, 4.69) is 74.7 Å². The average molecular weight is 1130 g/mol. The molecule has 0 radical (unpaired) electrons. The maximum absolute atomic E-state index is 13.6. The van der Waals surface area contributed by atoms with Crippen molar-refractivity contribution in [3.8, 4) is 0 Å². The zero-order valence-electron chi connectivity index (χ0n) is 52.9. The third-order valence-electron chi connectivity index (χ3n) is 15.0. The summed E-state index contributed by atoms with van der Waals surface area (Å²) in [6, 6.07) is -0.856. The normalized spacial score (nSPS) is 14.0. The van der Waals surface area contributed by atoms with Gasteiger partial charge in [-0.25, -0.2) is 4.57 Å². The van der Waals surface area contributed by atoms with Crippen LogP contribution in [0.1, 0.15) is 316 Å². The number of esters is 1. The van der Waals surface area contributed by atoms with Gasteiger partial charge in [0.05, 0.1) is 33.8 Å². The Labute approximate surface area is 490 Å². The molecule has 10 heteroatoms. The second-order valence-corrected chi connectivity index (χ2v) is 25.5.